The number of hydrogen-bond donors (Lipinski definition) is 0. The zero-order valence-corrected chi connectivity index (χ0v) is 7.25. The molecular formula is C6H5BrO4. The molecule has 0 amide bonds. The van der Waals surface area contributed by atoms with E-state index in [2.05, 4.69) is 25.4 Å². The Hall–Kier alpha value is -0.840. The maximum atomic E-state index is 10.9. The van der Waals surface area contributed by atoms with Gasteiger partial charge in [0.05, 0.1) is 7.11 Å². The van der Waals surface area contributed by atoms with Crippen molar-refractivity contribution in [2.24, 2.45) is 0 Å². The molecule has 1 heterocycles. The number of hydrogen-bond acceptors (Lipinski definition) is 4. The highest BCUT2D eigenvalue weighted by atomic mass is 79.9. The van der Waals surface area contributed by atoms with Gasteiger partial charge in [-0.1, -0.05) is 0 Å². The van der Waals surface area contributed by atoms with Gasteiger partial charge >= 0.3 is 11.9 Å². The maximum Gasteiger partial charge on any atom is 0.366 e. The summed E-state index contributed by atoms with van der Waals surface area (Å²) >= 11 is 2.91. The summed E-state index contributed by atoms with van der Waals surface area (Å²) in [4.78, 5) is 21.4. The third-order valence-electron chi connectivity index (χ3n) is 1.15. The fourth-order valence-electron chi connectivity index (χ4n) is 0.639. The number of alkyl halides is 1. The van der Waals surface area contributed by atoms with E-state index < -0.39 is 16.4 Å². The van der Waals surface area contributed by atoms with E-state index in [1.807, 2.05) is 0 Å². The molecule has 1 unspecified atom stereocenters. The molecule has 0 saturated carbocycles. The lowest BCUT2D eigenvalue weighted by molar-refractivity contribution is -0.159. The fraction of sp³-hybridized carbons (Fsp3) is 0.333. The lowest BCUT2D eigenvalue weighted by Crippen LogP contribution is -2.32. The topological polar surface area (TPSA) is 52.6 Å². The first-order valence-electron chi connectivity index (χ1n) is 2.78. The van der Waals surface area contributed by atoms with Crippen molar-refractivity contribution < 1.29 is 19.1 Å². The zero-order valence-electron chi connectivity index (χ0n) is 5.67. The van der Waals surface area contributed by atoms with Crippen molar-refractivity contribution in [2.75, 3.05) is 7.11 Å². The molecule has 0 aromatic heterocycles. The molecule has 0 N–H and O–H groups in total. The van der Waals surface area contributed by atoms with E-state index in [0.29, 0.717) is 0 Å². The van der Waals surface area contributed by atoms with Crippen molar-refractivity contribution in [3.8, 4) is 0 Å². The molecule has 0 fully saturated rings. The minimum Gasteiger partial charge on any atom is -0.465 e. The molecule has 1 aliphatic rings. The molecule has 60 valence electrons. The molecule has 0 saturated heterocycles. The minimum atomic E-state index is -1.40. The summed E-state index contributed by atoms with van der Waals surface area (Å²) < 4.78 is 7.56. The van der Waals surface area contributed by atoms with E-state index >= 15 is 0 Å². The molecular weight excluding hydrogens is 216 g/mol. The van der Waals surface area contributed by atoms with E-state index in [0.717, 1.165) is 6.08 Å². The van der Waals surface area contributed by atoms with E-state index in [9.17, 15) is 9.59 Å². The van der Waals surface area contributed by atoms with Crippen LogP contribution in [0.15, 0.2) is 12.2 Å². The number of carbonyl (C=O) groups is 2. The van der Waals surface area contributed by atoms with Gasteiger partial charge in [0.1, 0.15) is 0 Å². The van der Waals surface area contributed by atoms with Crippen molar-refractivity contribution in [1.82, 2.24) is 0 Å². The second-order valence-corrected chi connectivity index (χ2v) is 3.07. The van der Waals surface area contributed by atoms with Crippen LogP contribution in [0.5, 0.6) is 0 Å². The average molecular weight is 221 g/mol. The van der Waals surface area contributed by atoms with Crippen LogP contribution in [0.1, 0.15) is 0 Å². The Morgan fingerprint density at radius 2 is 2.45 bits per heavy atom. The number of ether oxygens (including phenoxy) is 2. The molecule has 5 heteroatoms. The summed E-state index contributed by atoms with van der Waals surface area (Å²) in [7, 11) is 1.21. The van der Waals surface area contributed by atoms with Gasteiger partial charge in [-0.15, -0.1) is 0 Å². The molecule has 0 radical (unpaired) electrons. The molecule has 11 heavy (non-hydrogen) atoms. The van der Waals surface area contributed by atoms with Crippen LogP contribution in [0.3, 0.4) is 0 Å². The first-order valence-corrected chi connectivity index (χ1v) is 3.57. The predicted octanol–water partition coefficient (Wildman–Crippen LogP) is 0.364. The molecule has 1 rings (SSSR count). The molecule has 0 spiro atoms. The monoisotopic (exact) mass is 220 g/mol. The SMILES string of the molecule is COC(=O)C1(Br)C=CC(=O)O1. The second-order valence-electron chi connectivity index (χ2n) is 1.89. The number of cyclic esters (lactones) is 1. The highest BCUT2D eigenvalue weighted by Crippen LogP contribution is 2.28. The molecule has 0 aromatic rings. The standard InChI is InChI=1S/C6H5BrO4/c1-10-5(9)6(7)3-2-4(8)11-6/h2-3H,1H3. The van der Waals surface area contributed by atoms with E-state index in [1.54, 1.807) is 0 Å². The molecule has 0 aliphatic carbocycles. The molecule has 0 aromatic carbocycles. The van der Waals surface area contributed by atoms with Gasteiger partial charge in [-0.3, -0.25) is 0 Å². The van der Waals surface area contributed by atoms with Crippen LogP contribution in [-0.4, -0.2) is 23.6 Å². The Labute approximate surface area is 71.3 Å². The Morgan fingerprint density at radius 3 is 2.82 bits per heavy atom. The number of carbonyl (C=O) groups excluding carboxylic acids is 2. The van der Waals surface area contributed by atoms with Gasteiger partial charge in [-0.05, 0) is 22.0 Å². The highest BCUT2D eigenvalue weighted by Gasteiger charge is 2.41. The van der Waals surface area contributed by atoms with Crippen molar-refractivity contribution >= 4 is 27.9 Å². The predicted molar refractivity (Wildman–Crippen MR) is 38.9 cm³/mol. The number of halogens is 1. The van der Waals surface area contributed by atoms with Gasteiger partial charge in [0.25, 0.3) is 4.51 Å². The van der Waals surface area contributed by atoms with Crippen molar-refractivity contribution in [3.05, 3.63) is 12.2 Å². The molecule has 0 bridgehead atoms. The molecule has 4 nitrogen and oxygen atoms in total. The summed E-state index contributed by atoms with van der Waals surface area (Å²) in [6.45, 7) is 0. The molecule has 1 atom stereocenters. The smallest absolute Gasteiger partial charge is 0.366 e. The average Bonchev–Trinajstić information content (AvgIpc) is 2.31. The van der Waals surface area contributed by atoms with Crippen molar-refractivity contribution in [3.63, 3.8) is 0 Å². The quantitative estimate of drug-likeness (QED) is 0.474. The highest BCUT2D eigenvalue weighted by molar-refractivity contribution is 9.10. The summed E-state index contributed by atoms with van der Waals surface area (Å²) in [6.07, 6.45) is 2.45. The van der Waals surface area contributed by atoms with Crippen LogP contribution >= 0.6 is 15.9 Å². The minimum absolute atomic E-state index is 0.563. The van der Waals surface area contributed by atoms with E-state index in [4.69, 9.17) is 0 Å². The first kappa shape index (κ1) is 8.26. The summed E-state index contributed by atoms with van der Waals surface area (Å²) in [5.74, 6) is -1.22. The van der Waals surface area contributed by atoms with Crippen LogP contribution < -0.4 is 0 Å². The zero-order chi connectivity index (χ0) is 8.48. The lowest BCUT2D eigenvalue weighted by Gasteiger charge is -2.14. The summed E-state index contributed by atoms with van der Waals surface area (Å²) in [6, 6.07) is 0. The third-order valence-corrected chi connectivity index (χ3v) is 1.90. The normalized spacial score (nSPS) is 28.4. The lowest BCUT2D eigenvalue weighted by atomic mass is 10.3. The fourth-order valence-corrected chi connectivity index (χ4v) is 1.09. The van der Waals surface area contributed by atoms with Crippen LogP contribution in [0.4, 0.5) is 0 Å². The van der Waals surface area contributed by atoms with Gasteiger partial charge < -0.3 is 9.47 Å². The largest absolute Gasteiger partial charge is 0.465 e. The van der Waals surface area contributed by atoms with E-state index in [1.165, 1.54) is 13.2 Å². The number of esters is 2. The van der Waals surface area contributed by atoms with Gasteiger partial charge in [0.2, 0.25) is 0 Å². The second kappa shape index (κ2) is 2.65. The Bertz CT molecular complexity index is 235. The Balaban J connectivity index is 2.78. The molecule has 1 aliphatic heterocycles. The Morgan fingerprint density at radius 1 is 1.82 bits per heavy atom. The van der Waals surface area contributed by atoms with Crippen LogP contribution in [-0.2, 0) is 19.1 Å². The summed E-state index contributed by atoms with van der Waals surface area (Å²) in [5, 5.41) is 0. The van der Waals surface area contributed by atoms with Gasteiger partial charge in [-0.2, -0.15) is 0 Å². The van der Waals surface area contributed by atoms with Crippen LogP contribution in [0.25, 0.3) is 0 Å². The van der Waals surface area contributed by atoms with Crippen LogP contribution in [0, 0.1) is 0 Å². The third kappa shape index (κ3) is 1.42. The number of rotatable bonds is 1. The van der Waals surface area contributed by atoms with E-state index in [-0.39, 0.29) is 0 Å². The van der Waals surface area contributed by atoms with Gasteiger partial charge in [-0.25, -0.2) is 9.59 Å². The number of methoxy groups -OCH3 is 1. The maximum absolute atomic E-state index is 10.9. The van der Waals surface area contributed by atoms with Crippen LogP contribution in [0.2, 0.25) is 0 Å². The van der Waals surface area contributed by atoms with Gasteiger partial charge in [0.15, 0.2) is 0 Å². The van der Waals surface area contributed by atoms with Crippen molar-refractivity contribution in [2.45, 2.75) is 4.51 Å². The van der Waals surface area contributed by atoms with Gasteiger partial charge in [0, 0.05) is 6.08 Å². The summed E-state index contributed by atoms with van der Waals surface area (Å²) in [5.41, 5.74) is 0. The Kier molecular flexibility index (Phi) is 1.99. The van der Waals surface area contributed by atoms with Crippen molar-refractivity contribution in [1.29, 1.82) is 0 Å². The first-order chi connectivity index (χ1) is 5.08.